The van der Waals surface area contributed by atoms with Gasteiger partial charge < -0.3 is 10.2 Å². The summed E-state index contributed by atoms with van der Waals surface area (Å²) in [6.45, 7) is 5.69. The van der Waals surface area contributed by atoms with E-state index in [-0.39, 0.29) is 17.9 Å². The lowest BCUT2D eigenvalue weighted by atomic mass is 9.86. The van der Waals surface area contributed by atoms with E-state index in [4.69, 9.17) is 0 Å². The summed E-state index contributed by atoms with van der Waals surface area (Å²) in [6.07, 6.45) is 2.31. The summed E-state index contributed by atoms with van der Waals surface area (Å²) >= 11 is 0. The second kappa shape index (κ2) is 4.86. The Morgan fingerprint density at radius 1 is 1.24 bits per heavy atom. The minimum Gasteiger partial charge on any atom is -0.336 e. The first-order chi connectivity index (χ1) is 9.95. The van der Waals surface area contributed by atoms with Gasteiger partial charge in [0.1, 0.15) is 11.6 Å². The maximum absolute atomic E-state index is 13.1. The number of carbonyl (C=O) groups excluding carboxylic acids is 2. The first-order valence-corrected chi connectivity index (χ1v) is 7.65. The fraction of sp³-hybridized carbons (Fsp3) is 0.529. The standard InChI is InChI=1S/C17H22N2O2/c1-11(13-9-10-13)19-12(2)15(20)18-17(3,16(19)21)14-7-5-4-6-8-14/h4-8,11-13H,9-10H2,1-3H3,(H,18,20). The Morgan fingerprint density at radius 2 is 1.86 bits per heavy atom. The van der Waals surface area contributed by atoms with E-state index in [1.165, 1.54) is 0 Å². The number of hydrogen-bond donors (Lipinski definition) is 1. The summed E-state index contributed by atoms with van der Waals surface area (Å²) in [5.41, 5.74) is -0.128. The van der Waals surface area contributed by atoms with Gasteiger partial charge in [-0.25, -0.2) is 0 Å². The molecular weight excluding hydrogens is 264 g/mol. The van der Waals surface area contributed by atoms with Crippen LogP contribution in [0.2, 0.25) is 0 Å². The molecule has 21 heavy (non-hydrogen) atoms. The Balaban J connectivity index is 1.99. The molecule has 1 aromatic carbocycles. The lowest BCUT2D eigenvalue weighted by molar-refractivity contribution is -0.157. The molecule has 1 saturated heterocycles. The Bertz CT molecular complexity index is 567. The normalized spacial score (nSPS) is 31.0. The van der Waals surface area contributed by atoms with Crippen LogP contribution in [0.25, 0.3) is 0 Å². The number of nitrogens with one attached hydrogen (secondary N) is 1. The molecule has 0 aromatic heterocycles. The van der Waals surface area contributed by atoms with Crippen LogP contribution in [0.15, 0.2) is 30.3 Å². The number of piperazine rings is 1. The van der Waals surface area contributed by atoms with Crippen molar-refractivity contribution in [1.82, 2.24) is 10.2 Å². The number of carbonyl (C=O) groups is 2. The molecule has 4 nitrogen and oxygen atoms in total. The van der Waals surface area contributed by atoms with E-state index in [2.05, 4.69) is 12.2 Å². The fourth-order valence-corrected chi connectivity index (χ4v) is 3.28. The maximum Gasteiger partial charge on any atom is 0.253 e. The van der Waals surface area contributed by atoms with Gasteiger partial charge in [0.25, 0.3) is 5.91 Å². The van der Waals surface area contributed by atoms with Gasteiger partial charge in [0.2, 0.25) is 5.91 Å². The van der Waals surface area contributed by atoms with Crippen molar-refractivity contribution in [2.24, 2.45) is 5.92 Å². The van der Waals surface area contributed by atoms with Gasteiger partial charge in [0, 0.05) is 6.04 Å². The largest absolute Gasteiger partial charge is 0.336 e. The third kappa shape index (κ3) is 2.23. The molecule has 0 bridgehead atoms. The van der Waals surface area contributed by atoms with Crippen molar-refractivity contribution in [1.29, 1.82) is 0 Å². The summed E-state index contributed by atoms with van der Waals surface area (Å²) in [5.74, 6) is 0.468. The quantitative estimate of drug-likeness (QED) is 0.924. The van der Waals surface area contributed by atoms with Crippen molar-refractivity contribution in [3.63, 3.8) is 0 Å². The van der Waals surface area contributed by atoms with E-state index < -0.39 is 11.6 Å². The fourth-order valence-electron chi connectivity index (χ4n) is 3.28. The van der Waals surface area contributed by atoms with Crippen molar-refractivity contribution in [3.8, 4) is 0 Å². The topological polar surface area (TPSA) is 49.4 Å². The summed E-state index contributed by atoms with van der Waals surface area (Å²) < 4.78 is 0. The van der Waals surface area contributed by atoms with Crippen LogP contribution in [0.5, 0.6) is 0 Å². The Labute approximate surface area is 125 Å². The molecule has 0 spiro atoms. The van der Waals surface area contributed by atoms with Crippen molar-refractivity contribution in [2.75, 3.05) is 0 Å². The van der Waals surface area contributed by atoms with Gasteiger partial charge in [0.05, 0.1) is 0 Å². The number of rotatable bonds is 3. The van der Waals surface area contributed by atoms with Gasteiger partial charge in [-0.1, -0.05) is 30.3 Å². The molecule has 4 heteroatoms. The molecule has 1 aromatic rings. The molecule has 2 amide bonds. The van der Waals surface area contributed by atoms with Crippen LogP contribution in [-0.4, -0.2) is 28.8 Å². The monoisotopic (exact) mass is 286 g/mol. The lowest BCUT2D eigenvalue weighted by Crippen LogP contribution is -2.68. The Morgan fingerprint density at radius 3 is 2.43 bits per heavy atom. The van der Waals surface area contributed by atoms with Crippen LogP contribution in [0.4, 0.5) is 0 Å². The minimum atomic E-state index is -0.964. The molecule has 2 fully saturated rings. The van der Waals surface area contributed by atoms with Crippen LogP contribution in [0.1, 0.15) is 39.2 Å². The molecule has 0 radical (unpaired) electrons. The van der Waals surface area contributed by atoms with Crippen LogP contribution >= 0.6 is 0 Å². The van der Waals surface area contributed by atoms with E-state index in [9.17, 15) is 9.59 Å². The van der Waals surface area contributed by atoms with Crippen LogP contribution in [-0.2, 0) is 15.1 Å². The van der Waals surface area contributed by atoms with Crippen molar-refractivity contribution < 1.29 is 9.59 Å². The van der Waals surface area contributed by atoms with Crippen molar-refractivity contribution >= 4 is 11.8 Å². The predicted molar refractivity (Wildman–Crippen MR) is 80.4 cm³/mol. The SMILES string of the molecule is CC1C(=O)NC(C)(c2ccccc2)C(=O)N1C(C)C1CC1. The second-order valence-corrected chi connectivity index (χ2v) is 6.45. The summed E-state index contributed by atoms with van der Waals surface area (Å²) in [7, 11) is 0. The number of amides is 2. The van der Waals surface area contributed by atoms with E-state index in [0.29, 0.717) is 5.92 Å². The predicted octanol–water partition coefficient (Wildman–Crippen LogP) is 2.05. The molecule has 1 N–H and O–H groups in total. The average molecular weight is 286 g/mol. The van der Waals surface area contributed by atoms with Crippen LogP contribution < -0.4 is 5.32 Å². The van der Waals surface area contributed by atoms with Crippen LogP contribution in [0.3, 0.4) is 0 Å². The van der Waals surface area contributed by atoms with Crippen LogP contribution in [0, 0.1) is 5.92 Å². The van der Waals surface area contributed by atoms with Gasteiger partial charge in [-0.2, -0.15) is 0 Å². The first kappa shape index (κ1) is 14.1. The van der Waals surface area contributed by atoms with Gasteiger partial charge in [-0.15, -0.1) is 0 Å². The van der Waals surface area contributed by atoms with E-state index >= 15 is 0 Å². The molecule has 3 atom stereocenters. The van der Waals surface area contributed by atoms with Gasteiger partial charge in [-0.05, 0) is 45.1 Å². The lowest BCUT2D eigenvalue weighted by Gasteiger charge is -2.46. The smallest absolute Gasteiger partial charge is 0.253 e. The average Bonchev–Trinajstić information content (AvgIpc) is 3.31. The zero-order chi connectivity index (χ0) is 15.2. The highest BCUT2D eigenvalue weighted by Gasteiger charge is 2.50. The molecule has 3 rings (SSSR count). The maximum atomic E-state index is 13.1. The number of benzene rings is 1. The molecule has 3 unspecified atom stereocenters. The van der Waals surface area contributed by atoms with Gasteiger partial charge in [0.15, 0.2) is 0 Å². The molecule has 1 aliphatic carbocycles. The van der Waals surface area contributed by atoms with Crippen molar-refractivity contribution in [2.45, 2.75) is 51.2 Å². The number of hydrogen-bond acceptors (Lipinski definition) is 2. The summed E-state index contributed by atoms with van der Waals surface area (Å²) in [4.78, 5) is 27.3. The first-order valence-electron chi connectivity index (χ1n) is 7.65. The zero-order valence-corrected chi connectivity index (χ0v) is 12.8. The molecule has 1 saturated carbocycles. The second-order valence-electron chi connectivity index (χ2n) is 6.45. The van der Waals surface area contributed by atoms with Gasteiger partial charge in [-0.3, -0.25) is 9.59 Å². The Hall–Kier alpha value is -1.84. The summed E-state index contributed by atoms with van der Waals surface area (Å²) in [5, 5.41) is 2.92. The van der Waals surface area contributed by atoms with E-state index in [0.717, 1.165) is 18.4 Å². The molecule has 2 aliphatic rings. The highest BCUT2D eigenvalue weighted by Crippen LogP contribution is 2.39. The third-order valence-electron chi connectivity index (χ3n) is 4.93. The van der Waals surface area contributed by atoms with E-state index in [1.807, 2.05) is 37.3 Å². The molecule has 1 aliphatic heterocycles. The Kier molecular flexibility index (Phi) is 3.27. The summed E-state index contributed by atoms with van der Waals surface area (Å²) in [6, 6.07) is 9.23. The number of nitrogens with zero attached hydrogens (tertiary/aromatic N) is 1. The van der Waals surface area contributed by atoms with E-state index in [1.54, 1.807) is 11.8 Å². The van der Waals surface area contributed by atoms with Crippen molar-refractivity contribution in [3.05, 3.63) is 35.9 Å². The minimum absolute atomic E-state index is 0.000185. The molecule has 112 valence electrons. The highest BCUT2D eigenvalue weighted by atomic mass is 16.2. The zero-order valence-electron chi connectivity index (χ0n) is 12.8. The third-order valence-corrected chi connectivity index (χ3v) is 4.93. The molecule has 1 heterocycles. The van der Waals surface area contributed by atoms with Gasteiger partial charge >= 0.3 is 0 Å². The highest BCUT2D eigenvalue weighted by molar-refractivity contribution is 6.00. The molecular formula is C17H22N2O2.